The first-order valence-corrected chi connectivity index (χ1v) is 5.31. The quantitative estimate of drug-likeness (QED) is 0.687. The summed E-state index contributed by atoms with van der Waals surface area (Å²) in [7, 11) is 0. The van der Waals surface area contributed by atoms with E-state index in [4.69, 9.17) is 0 Å². The van der Waals surface area contributed by atoms with Crippen molar-refractivity contribution in [3.8, 4) is 0 Å². The van der Waals surface area contributed by atoms with Crippen LogP contribution in [-0.4, -0.2) is 9.97 Å². The van der Waals surface area contributed by atoms with Gasteiger partial charge in [-0.05, 0) is 23.8 Å². The molecule has 0 fully saturated rings. The van der Waals surface area contributed by atoms with Crippen LogP contribution in [0, 0.1) is 6.07 Å². The van der Waals surface area contributed by atoms with Gasteiger partial charge in [-0.25, -0.2) is 4.98 Å². The number of imidazole rings is 1. The molecule has 0 atom stereocenters. The molecule has 0 saturated carbocycles. The number of rotatable bonds is 2. The lowest BCUT2D eigenvalue weighted by molar-refractivity contribution is 1.04. The van der Waals surface area contributed by atoms with E-state index in [1.54, 1.807) is 0 Å². The maximum atomic E-state index is 4.53. The Morgan fingerprint density at radius 1 is 1.06 bits per heavy atom. The molecule has 1 heterocycles. The van der Waals surface area contributed by atoms with E-state index in [0.717, 1.165) is 28.8 Å². The van der Waals surface area contributed by atoms with Gasteiger partial charge in [0, 0.05) is 6.42 Å². The van der Waals surface area contributed by atoms with Crippen LogP contribution in [0.5, 0.6) is 0 Å². The van der Waals surface area contributed by atoms with Gasteiger partial charge in [-0.1, -0.05) is 36.4 Å². The summed E-state index contributed by atoms with van der Waals surface area (Å²) in [6.07, 6.45) is 0.801. The highest BCUT2D eigenvalue weighted by molar-refractivity contribution is 5.74. The van der Waals surface area contributed by atoms with Crippen LogP contribution in [-0.2, 0) is 6.42 Å². The summed E-state index contributed by atoms with van der Waals surface area (Å²) in [5.41, 5.74) is 3.27. The Hall–Kier alpha value is -2.09. The lowest BCUT2D eigenvalue weighted by Gasteiger charge is -1.95. The number of hydrogen-bond donors (Lipinski definition) is 1. The Bertz CT molecular complexity index is 563. The number of nitrogens with one attached hydrogen (secondary N) is 1. The molecular formula is C14H11N2. The number of nitrogens with zero attached hydrogens (tertiary/aromatic N) is 1. The van der Waals surface area contributed by atoms with Crippen LogP contribution in [0.3, 0.4) is 0 Å². The van der Waals surface area contributed by atoms with Crippen molar-refractivity contribution in [2.45, 2.75) is 6.42 Å². The molecule has 0 saturated heterocycles. The van der Waals surface area contributed by atoms with Gasteiger partial charge >= 0.3 is 0 Å². The van der Waals surface area contributed by atoms with Gasteiger partial charge in [-0.15, -0.1) is 0 Å². The van der Waals surface area contributed by atoms with Crippen molar-refractivity contribution in [2.24, 2.45) is 0 Å². The van der Waals surface area contributed by atoms with Crippen molar-refractivity contribution in [3.63, 3.8) is 0 Å². The van der Waals surface area contributed by atoms with E-state index in [1.807, 2.05) is 42.5 Å². The van der Waals surface area contributed by atoms with Crippen LogP contribution < -0.4 is 0 Å². The Kier molecular flexibility index (Phi) is 2.18. The third-order valence-corrected chi connectivity index (χ3v) is 2.57. The van der Waals surface area contributed by atoms with E-state index in [-0.39, 0.29) is 0 Å². The molecule has 0 aliphatic rings. The monoisotopic (exact) mass is 207 g/mol. The van der Waals surface area contributed by atoms with E-state index in [0.29, 0.717) is 0 Å². The molecule has 0 aliphatic carbocycles. The second-order valence-electron chi connectivity index (χ2n) is 3.77. The number of hydrogen-bond acceptors (Lipinski definition) is 1. The van der Waals surface area contributed by atoms with Gasteiger partial charge in [0.25, 0.3) is 0 Å². The summed E-state index contributed by atoms with van der Waals surface area (Å²) in [5.74, 6) is 0.989. The Balaban J connectivity index is 1.95. The standard InChI is InChI=1S/C14H11N2/c1-2-6-11(7-3-1)10-14-15-12-8-4-5-9-13(12)16-14/h1-6,8-9H,10H2,(H,15,16). The third kappa shape index (κ3) is 1.70. The molecule has 1 N–H and O–H groups in total. The summed E-state index contributed by atoms with van der Waals surface area (Å²) in [4.78, 5) is 7.85. The topological polar surface area (TPSA) is 28.7 Å². The number of para-hydroxylation sites is 2. The van der Waals surface area contributed by atoms with Gasteiger partial charge in [-0.2, -0.15) is 0 Å². The average molecular weight is 207 g/mol. The molecule has 2 aromatic carbocycles. The number of fused-ring (bicyclic) bond motifs is 1. The van der Waals surface area contributed by atoms with Gasteiger partial charge in [0.05, 0.1) is 11.0 Å². The van der Waals surface area contributed by atoms with Gasteiger partial charge < -0.3 is 4.98 Å². The van der Waals surface area contributed by atoms with Crippen molar-refractivity contribution in [1.29, 1.82) is 0 Å². The summed E-state index contributed by atoms with van der Waals surface area (Å²) in [5, 5.41) is 0. The molecule has 0 unspecified atom stereocenters. The minimum absolute atomic E-state index is 0.801. The van der Waals surface area contributed by atoms with Crippen molar-refractivity contribution >= 4 is 11.0 Å². The molecule has 1 aromatic heterocycles. The largest absolute Gasteiger partial charge is 0.342 e. The van der Waals surface area contributed by atoms with Crippen LogP contribution in [0.15, 0.2) is 48.5 Å². The van der Waals surface area contributed by atoms with Crippen molar-refractivity contribution < 1.29 is 0 Å². The number of aromatic nitrogens is 2. The van der Waals surface area contributed by atoms with Crippen molar-refractivity contribution in [2.75, 3.05) is 0 Å². The van der Waals surface area contributed by atoms with Crippen LogP contribution in [0.25, 0.3) is 11.0 Å². The minimum Gasteiger partial charge on any atom is -0.342 e. The van der Waals surface area contributed by atoms with Gasteiger partial charge in [0.2, 0.25) is 0 Å². The van der Waals surface area contributed by atoms with E-state index in [1.165, 1.54) is 0 Å². The lowest BCUT2D eigenvalue weighted by Crippen LogP contribution is -1.89. The number of benzene rings is 2. The molecule has 2 heteroatoms. The molecule has 3 aromatic rings. The molecular weight excluding hydrogens is 196 g/mol. The van der Waals surface area contributed by atoms with Crippen LogP contribution in [0.4, 0.5) is 0 Å². The predicted octanol–water partition coefficient (Wildman–Crippen LogP) is 2.95. The van der Waals surface area contributed by atoms with Crippen molar-refractivity contribution in [3.05, 3.63) is 66.0 Å². The lowest BCUT2D eigenvalue weighted by atomic mass is 10.1. The molecule has 1 radical (unpaired) electrons. The summed E-state index contributed by atoms with van der Waals surface area (Å²) in [6.45, 7) is 0. The normalized spacial score (nSPS) is 10.8. The maximum absolute atomic E-state index is 4.53. The highest BCUT2D eigenvalue weighted by Crippen LogP contribution is 2.12. The van der Waals surface area contributed by atoms with Crippen LogP contribution >= 0.6 is 0 Å². The summed E-state index contributed by atoms with van der Waals surface area (Å²) < 4.78 is 0. The van der Waals surface area contributed by atoms with Crippen LogP contribution in [0.2, 0.25) is 0 Å². The fraction of sp³-hybridized carbons (Fsp3) is 0.0714. The van der Waals surface area contributed by atoms with E-state index >= 15 is 0 Å². The van der Waals surface area contributed by atoms with E-state index in [2.05, 4.69) is 22.1 Å². The molecule has 77 valence electrons. The number of aromatic amines is 1. The molecule has 2 nitrogen and oxygen atoms in total. The van der Waals surface area contributed by atoms with Crippen molar-refractivity contribution in [1.82, 2.24) is 9.97 Å². The minimum atomic E-state index is 0.801. The first-order valence-electron chi connectivity index (χ1n) is 5.31. The summed E-state index contributed by atoms with van der Waals surface area (Å²) >= 11 is 0. The van der Waals surface area contributed by atoms with Gasteiger partial charge in [0.15, 0.2) is 0 Å². The first-order chi connectivity index (χ1) is 7.92. The third-order valence-electron chi connectivity index (χ3n) is 2.57. The summed E-state index contributed by atoms with van der Waals surface area (Å²) in [6, 6.07) is 19.3. The Morgan fingerprint density at radius 3 is 2.75 bits per heavy atom. The molecule has 0 spiro atoms. The van der Waals surface area contributed by atoms with E-state index in [9.17, 15) is 0 Å². The zero-order chi connectivity index (χ0) is 10.8. The van der Waals surface area contributed by atoms with Crippen LogP contribution in [0.1, 0.15) is 11.4 Å². The molecule has 0 bridgehead atoms. The van der Waals surface area contributed by atoms with E-state index < -0.39 is 0 Å². The molecule has 0 aliphatic heterocycles. The maximum Gasteiger partial charge on any atom is 0.111 e. The Labute approximate surface area is 94.0 Å². The predicted molar refractivity (Wildman–Crippen MR) is 64.2 cm³/mol. The first kappa shape index (κ1) is 9.16. The highest BCUT2D eigenvalue weighted by atomic mass is 14.9. The second kappa shape index (κ2) is 3.81. The fourth-order valence-electron chi connectivity index (χ4n) is 1.81. The zero-order valence-corrected chi connectivity index (χ0v) is 8.77. The van der Waals surface area contributed by atoms with Gasteiger partial charge in [-0.3, -0.25) is 0 Å². The second-order valence-corrected chi connectivity index (χ2v) is 3.77. The number of H-pyrrole nitrogens is 1. The molecule has 16 heavy (non-hydrogen) atoms. The Morgan fingerprint density at radius 2 is 1.94 bits per heavy atom. The average Bonchev–Trinajstić information content (AvgIpc) is 2.72. The smallest absolute Gasteiger partial charge is 0.111 e. The molecule has 0 amide bonds. The highest BCUT2D eigenvalue weighted by Gasteiger charge is 2.02. The zero-order valence-electron chi connectivity index (χ0n) is 8.77. The molecule has 3 rings (SSSR count). The van der Waals surface area contributed by atoms with Gasteiger partial charge in [0.1, 0.15) is 5.82 Å². The SMILES string of the molecule is [c]1ccccc1Cc1nc2ccccc2[nH]1. The fourth-order valence-corrected chi connectivity index (χ4v) is 1.81.